The molecular weight excluding hydrogens is 284 g/mol. The Balaban J connectivity index is 2.12. The third-order valence-corrected chi connectivity index (χ3v) is 4.06. The Morgan fingerprint density at radius 1 is 1.05 bits per heavy atom. The van der Waals surface area contributed by atoms with E-state index in [1.54, 1.807) is 27.4 Å². The van der Waals surface area contributed by atoms with Gasteiger partial charge in [0.1, 0.15) is 11.4 Å². The zero-order chi connectivity index (χ0) is 15.7. The second kappa shape index (κ2) is 5.79. The van der Waals surface area contributed by atoms with Crippen molar-refractivity contribution in [2.75, 3.05) is 34.4 Å². The van der Waals surface area contributed by atoms with Crippen molar-refractivity contribution < 1.29 is 19.0 Å². The number of nitrogens with zero attached hydrogens (tertiary/aromatic N) is 1. The number of ether oxygens (including phenoxy) is 3. The normalized spacial score (nSPS) is 14.4. The molecule has 0 unspecified atom stereocenters. The SMILES string of the molecule is COc1cc(OC)c2cc(C(=O)N3CCCC3)[nH]c2c1OC. The molecular formula is C16H20N2O4. The highest BCUT2D eigenvalue weighted by Gasteiger charge is 2.24. The molecule has 0 atom stereocenters. The van der Waals surface area contributed by atoms with Gasteiger partial charge in [-0.25, -0.2) is 0 Å². The summed E-state index contributed by atoms with van der Waals surface area (Å²) in [6.07, 6.45) is 2.12. The molecule has 1 N–H and O–H groups in total. The van der Waals surface area contributed by atoms with Crippen LogP contribution < -0.4 is 14.2 Å². The standard InChI is InChI=1S/C16H20N2O4/c1-20-12-9-13(21-2)15(22-3)14-10(12)8-11(17-14)16(19)18-6-4-5-7-18/h8-9,17H,4-7H2,1-3H3. The van der Waals surface area contributed by atoms with Crippen molar-refractivity contribution in [1.29, 1.82) is 0 Å². The summed E-state index contributed by atoms with van der Waals surface area (Å²) >= 11 is 0. The Morgan fingerprint density at radius 3 is 2.32 bits per heavy atom. The number of H-pyrrole nitrogens is 1. The number of carbonyl (C=O) groups is 1. The highest BCUT2D eigenvalue weighted by molar-refractivity contribution is 6.02. The zero-order valence-corrected chi connectivity index (χ0v) is 13.1. The van der Waals surface area contributed by atoms with E-state index in [1.807, 2.05) is 11.0 Å². The van der Waals surface area contributed by atoms with Gasteiger partial charge in [-0.1, -0.05) is 0 Å². The van der Waals surface area contributed by atoms with Crippen LogP contribution in [0, 0.1) is 0 Å². The Bertz CT molecular complexity index is 702. The van der Waals surface area contributed by atoms with Crippen molar-refractivity contribution in [1.82, 2.24) is 9.88 Å². The van der Waals surface area contributed by atoms with Gasteiger partial charge in [-0.05, 0) is 18.9 Å². The van der Waals surface area contributed by atoms with Crippen LogP contribution in [-0.4, -0.2) is 50.2 Å². The van der Waals surface area contributed by atoms with E-state index in [9.17, 15) is 4.79 Å². The largest absolute Gasteiger partial charge is 0.496 e. The number of methoxy groups -OCH3 is 3. The van der Waals surface area contributed by atoms with Crippen LogP contribution in [0.3, 0.4) is 0 Å². The molecule has 0 radical (unpaired) electrons. The molecule has 2 aromatic rings. The van der Waals surface area contributed by atoms with Crippen molar-refractivity contribution in [2.24, 2.45) is 0 Å². The molecule has 1 fully saturated rings. The number of nitrogens with one attached hydrogen (secondary N) is 1. The number of likely N-dealkylation sites (tertiary alicyclic amines) is 1. The van der Waals surface area contributed by atoms with Crippen LogP contribution in [0.25, 0.3) is 10.9 Å². The van der Waals surface area contributed by atoms with Gasteiger partial charge < -0.3 is 24.1 Å². The van der Waals surface area contributed by atoms with Gasteiger partial charge in [0.15, 0.2) is 11.5 Å². The lowest BCUT2D eigenvalue weighted by atomic mass is 10.2. The smallest absolute Gasteiger partial charge is 0.270 e. The number of aromatic nitrogens is 1. The van der Waals surface area contributed by atoms with E-state index in [4.69, 9.17) is 14.2 Å². The first-order chi connectivity index (χ1) is 10.7. The van der Waals surface area contributed by atoms with E-state index < -0.39 is 0 Å². The van der Waals surface area contributed by atoms with E-state index >= 15 is 0 Å². The van der Waals surface area contributed by atoms with Crippen LogP contribution in [0.15, 0.2) is 12.1 Å². The Morgan fingerprint density at radius 2 is 1.73 bits per heavy atom. The quantitative estimate of drug-likeness (QED) is 0.942. The number of hydrogen-bond donors (Lipinski definition) is 1. The van der Waals surface area contributed by atoms with Crippen LogP contribution in [0.4, 0.5) is 0 Å². The summed E-state index contributed by atoms with van der Waals surface area (Å²) in [5.41, 5.74) is 1.25. The van der Waals surface area contributed by atoms with Crippen molar-refractivity contribution >= 4 is 16.8 Å². The van der Waals surface area contributed by atoms with Crippen LogP contribution >= 0.6 is 0 Å². The van der Waals surface area contributed by atoms with E-state index in [2.05, 4.69) is 4.98 Å². The molecule has 0 spiro atoms. The topological polar surface area (TPSA) is 63.8 Å². The fourth-order valence-corrected chi connectivity index (χ4v) is 2.94. The molecule has 118 valence electrons. The maximum absolute atomic E-state index is 12.6. The van der Waals surface area contributed by atoms with E-state index in [-0.39, 0.29) is 5.91 Å². The molecule has 1 aliphatic rings. The Labute approximate surface area is 128 Å². The van der Waals surface area contributed by atoms with Gasteiger partial charge in [-0.3, -0.25) is 4.79 Å². The molecule has 2 heterocycles. The van der Waals surface area contributed by atoms with Crippen LogP contribution in [-0.2, 0) is 0 Å². The molecule has 3 rings (SSSR count). The molecule has 1 aliphatic heterocycles. The molecule has 1 aromatic heterocycles. The molecule has 0 bridgehead atoms. The lowest BCUT2D eigenvalue weighted by Gasteiger charge is -2.13. The second-order valence-electron chi connectivity index (χ2n) is 5.29. The van der Waals surface area contributed by atoms with Gasteiger partial charge >= 0.3 is 0 Å². The van der Waals surface area contributed by atoms with Crippen molar-refractivity contribution in [3.8, 4) is 17.2 Å². The summed E-state index contributed by atoms with van der Waals surface area (Å²) in [5.74, 6) is 1.79. The number of benzene rings is 1. The Kier molecular flexibility index (Phi) is 3.83. The van der Waals surface area contributed by atoms with Gasteiger partial charge in [0.05, 0.1) is 26.8 Å². The van der Waals surface area contributed by atoms with E-state index in [0.717, 1.165) is 31.3 Å². The van der Waals surface area contributed by atoms with Crippen LogP contribution in [0.5, 0.6) is 17.2 Å². The zero-order valence-electron chi connectivity index (χ0n) is 13.1. The van der Waals surface area contributed by atoms with Gasteiger partial charge in [-0.2, -0.15) is 0 Å². The highest BCUT2D eigenvalue weighted by Crippen LogP contribution is 2.41. The molecule has 1 saturated heterocycles. The molecule has 6 nitrogen and oxygen atoms in total. The van der Waals surface area contributed by atoms with Gasteiger partial charge in [0, 0.05) is 24.5 Å². The summed E-state index contributed by atoms with van der Waals surface area (Å²) in [6.45, 7) is 1.62. The predicted molar refractivity (Wildman–Crippen MR) is 83.1 cm³/mol. The number of amides is 1. The fraction of sp³-hybridized carbons (Fsp3) is 0.438. The summed E-state index contributed by atoms with van der Waals surface area (Å²) in [7, 11) is 4.74. The van der Waals surface area contributed by atoms with Crippen molar-refractivity contribution in [2.45, 2.75) is 12.8 Å². The minimum Gasteiger partial charge on any atom is -0.496 e. The van der Waals surface area contributed by atoms with Crippen molar-refractivity contribution in [3.05, 3.63) is 17.8 Å². The van der Waals surface area contributed by atoms with E-state index in [0.29, 0.717) is 28.5 Å². The average Bonchev–Trinajstić information content (AvgIpc) is 3.21. The molecule has 1 amide bonds. The molecule has 0 saturated carbocycles. The second-order valence-corrected chi connectivity index (χ2v) is 5.29. The summed E-state index contributed by atoms with van der Waals surface area (Å²) in [5, 5.41) is 0.808. The molecule has 1 aromatic carbocycles. The molecule has 22 heavy (non-hydrogen) atoms. The number of aromatic amines is 1. The third-order valence-electron chi connectivity index (χ3n) is 4.06. The minimum absolute atomic E-state index is 0.0109. The van der Waals surface area contributed by atoms with Gasteiger partial charge in [0.25, 0.3) is 5.91 Å². The van der Waals surface area contributed by atoms with E-state index in [1.165, 1.54) is 0 Å². The Hall–Kier alpha value is -2.37. The van der Waals surface area contributed by atoms with Crippen LogP contribution in [0.1, 0.15) is 23.3 Å². The molecule has 0 aliphatic carbocycles. The first-order valence-electron chi connectivity index (χ1n) is 7.30. The number of fused-ring (bicyclic) bond motifs is 1. The highest BCUT2D eigenvalue weighted by atomic mass is 16.5. The predicted octanol–water partition coefficient (Wildman–Crippen LogP) is 2.43. The first-order valence-corrected chi connectivity index (χ1v) is 7.30. The summed E-state index contributed by atoms with van der Waals surface area (Å²) < 4.78 is 16.2. The number of hydrogen-bond acceptors (Lipinski definition) is 4. The number of rotatable bonds is 4. The summed E-state index contributed by atoms with van der Waals surface area (Å²) in [4.78, 5) is 17.6. The number of carbonyl (C=O) groups excluding carboxylic acids is 1. The summed E-state index contributed by atoms with van der Waals surface area (Å²) in [6, 6.07) is 3.58. The maximum atomic E-state index is 12.6. The lowest BCUT2D eigenvalue weighted by Crippen LogP contribution is -2.27. The monoisotopic (exact) mass is 304 g/mol. The van der Waals surface area contributed by atoms with Gasteiger partial charge in [-0.15, -0.1) is 0 Å². The minimum atomic E-state index is 0.0109. The lowest BCUT2D eigenvalue weighted by molar-refractivity contribution is 0.0788. The van der Waals surface area contributed by atoms with Crippen molar-refractivity contribution in [3.63, 3.8) is 0 Å². The van der Waals surface area contributed by atoms with Crippen LogP contribution in [0.2, 0.25) is 0 Å². The van der Waals surface area contributed by atoms with Gasteiger partial charge in [0.2, 0.25) is 0 Å². The third kappa shape index (κ3) is 2.24. The first kappa shape index (κ1) is 14.6. The molecule has 6 heteroatoms. The average molecular weight is 304 g/mol. The fourth-order valence-electron chi connectivity index (χ4n) is 2.94. The maximum Gasteiger partial charge on any atom is 0.270 e.